The summed E-state index contributed by atoms with van der Waals surface area (Å²) in [5, 5.41) is 7.40. The summed E-state index contributed by atoms with van der Waals surface area (Å²) in [6.45, 7) is 8.53. The molecule has 138 valence electrons. The molecule has 26 heavy (non-hydrogen) atoms. The van der Waals surface area contributed by atoms with Crippen molar-refractivity contribution in [2.24, 2.45) is 20.0 Å². The average molecular weight is 353 g/mol. The number of amides is 1. The van der Waals surface area contributed by atoms with Crippen LogP contribution in [-0.2, 0) is 20.5 Å². The van der Waals surface area contributed by atoms with E-state index in [0.717, 1.165) is 34.7 Å². The lowest BCUT2D eigenvalue weighted by Crippen LogP contribution is -2.16. The molecule has 0 fully saturated rings. The van der Waals surface area contributed by atoms with Gasteiger partial charge in [0, 0.05) is 25.7 Å². The third kappa shape index (κ3) is 3.49. The van der Waals surface area contributed by atoms with Gasteiger partial charge < -0.3 is 9.88 Å². The van der Waals surface area contributed by atoms with Gasteiger partial charge in [-0.05, 0) is 36.6 Å². The summed E-state index contributed by atoms with van der Waals surface area (Å²) in [4.78, 5) is 17.4. The molecule has 0 radical (unpaired) electrons. The van der Waals surface area contributed by atoms with Crippen molar-refractivity contribution in [3.8, 4) is 0 Å². The van der Waals surface area contributed by atoms with Gasteiger partial charge in [0.15, 0.2) is 0 Å². The molecule has 0 aliphatic heterocycles. The van der Waals surface area contributed by atoms with E-state index < -0.39 is 0 Å². The number of aromatic nitrogens is 4. The van der Waals surface area contributed by atoms with Crippen molar-refractivity contribution >= 4 is 22.6 Å². The first-order chi connectivity index (χ1) is 12.3. The molecule has 0 aliphatic rings. The standard InChI is InChI=1S/C20H27N5O/c1-12(2)9-15-11-18(25(6)23-15)20(26)21-14-7-8-17-16(10-14)22-19(13(3)4)24(17)5/h7-8,10-13H,9H2,1-6H3,(H,21,26). The van der Waals surface area contributed by atoms with Gasteiger partial charge in [-0.25, -0.2) is 4.98 Å². The fourth-order valence-corrected chi connectivity index (χ4v) is 3.26. The van der Waals surface area contributed by atoms with Crippen molar-refractivity contribution in [1.29, 1.82) is 0 Å². The number of aryl methyl sites for hydroxylation is 2. The number of anilines is 1. The van der Waals surface area contributed by atoms with Crippen LogP contribution in [-0.4, -0.2) is 25.2 Å². The minimum absolute atomic E-state index is 0.158. The minimum atomic E-state index is -0.158. The van der Waals surface area contributed by atoms with E-state index in [0.29, 0.717) is 17.5 Å². The second kappa shape index (κ2) is 6.94. The van der Waals surface area contributed by atoms with E-state index in [1.54, 1.807) is 11.7 Å². The van der Waals surface area contributed by atoms with Gasteiger partial charge in [-0.3, -0.25) is 9.48 Å². The third-order valence-electron chi connectivity index (χ3n) is 4.47. The lowest BCUT2D eigenvalue weighted by atomic mass is 10.1. The first kappa shape index (κ1) is 18.2. The smallest absolute Gasteiger partial charge is 0.273 e. The summed E-state index contributed by atoms with van der Waals surface area (Å²) in [7, 11) is 3.82. The van der Waals surface area contributed by atoms with Gasteiger partial charge in [-0.1, -0.05) is 27.7 Å². The van der Waals surface area contributed by atoms with E-state index in [4.69, 9.17) is 4.98 Å². The van der Waals surface area contributed by atoms with Crippen LogP contribution >= 0.6 is 0 Å². The predicted molar refractivity (Wildman–Crippen MR) is 105 cm³/mol. The van der Waals surface area contributed by atoms with Crippen molar-refractivity contribution < 1.29 is 4.79 Å². The average Bonchev–Trinajstić information content (AvgIpc) is 3.07. The maximum Gasteiger partial charge on any atom is 0.273 e. The second-order valence-corrected chi connectivity index (χ2v) is 7.58. The molecule has 0 bridgehead atoms. The zero-order valence-corrected chi connectivity index (χ0v) is 16.4. The summed E-state index contributed by atoms with van der Waals surface area (Å²) in [5.41, 5.74) is 4.19. The molecule has 3 rings (SSSR count). The molecule has 0 aliphatic carbocycles. The Morgan fingerprint density at radius 2 is 1.88 bits per heavy atom. The molecule has 1 N–H and O–H groups in total. The first-order valence-electron chi connectivity index (χ1n) is 9.07. The number of carbonyl (C=O) groups is 1. The number of fused-ring (bicyclic) bond motifs is 1. The SMILES string of the molecule is CC(C)Cc1cc(C(=O)Nc2ccc3c(c2)nc(C(C)C)n3C)n(C)n1. The van der Waals surface area contributed by atoms with Crippen LogP contribution in [0.15, 0.2) is 24.3 Å². The molecule has 0 unspecified atom stereocenters. The van der Waals surface area contributed by atoms with Crippen molar-refractivity contribution in [2.45, 2.75) is 40.0 Å². The summed E-state index contributed by atoms with van der Waals surface area (Å²) in [6.07, 6.45) is 0.860. The highest BCUT2D eigenvalue weighted by Crippen LogP contribution is 2.23. The van der Waals surface area contributed by atoms with E-state index in [1.807, 2.05) is 31.3 Å². The summed E-state index contributed by atoms with van der Waals surface area (Å²) in [6, 6.07) is 7.70. The van der Waals surface area contributed by atoms with E-state index in [2.05, 4.69) is 42.7 Å². The van der Waals surface area contributed by atoms with Gasteiger partial charge in [0.05, 0.1) is 16.7 Å². The number of hydrogen-bond acceptors (Lipinski definition) is 3. The molecule has 2 heterocycles. The van der Waals surface area contributed by atoms with Gasteiger partial charge >= 0.3 is 0 Å². The van der Waals surface area contributed by atoms with Gasteiger partial charge in [-0.2, -0.15) is 5.10 Å². The van der Waals surface area contributed by atoms with Crippen molar-refractivity contribution in [2.75, 3.05) is 5.32 Å². The molecule has 0 spiro atoms. The van der Waals surface area contributed by atoms with Crippen LogP contribution in [0.1, 0.15) is 55.6 Å². The quantitative estimate of drug-likeness (QED) is 0.757. The Morgan fingerprint density at radius 3 is 2.54 bits per heavy atom. The van der Waals surface area contributed by atoms with Gasteiger partial charge in [0.1, 0.15) is 11.5 Å². The predicted octanol–water partition coefficient (Wildman–Crippen LogP) is 3.88. The molecule has 0 atom stereocenters. The number of nitrogens with zero attached hydrogens (tertiary/aromatic N) is 4. The zero-order chi connectivity index (χ0) is 19.0. The topological polar surface area (TPSA) is 64.7 Å². The fraction of sp³-hybridized carbons (Fsp3) is 0.450. The van der Waals surface area contributed by atoms with E-state index in [1.165, 1.54) is 0 Å². The molecule has 0 saturated carbocycles. The van der Waals surface area contributed by atoms with Crippen LogP contribution in [0.3, 0.4) is 0 Å². The number of nitrogens with one attached hydrogen (secondary N) is 1. The third-order valence-corrected chi connectivity index (χ3v) is 4.47. The summed E-state index contributed by atoms with van der Waals surface area (Å²) >= 11 is 0. The van der Waals surface area contributed by atoms with Crippen LogP contribution in [0.5, 0.6) is 0 Å². The van der Waals surface area contributed by atoms with E-state index in [-0.39, 0.29) is 5.91 Å². The molecule has 6 nitrogen and oxygen atoms in total. The largest absolute Gasteiger partial charge is 0.331 e. The van der Waals surface area contributed by atoms with Crippen molar-refractivity contribution in [3.63, 3.8) is 0 Å². The number of carbonyl (C=O) groups excluding carboxylic acids is 1. The molecule has 3 aromatic rings. The molecule has 1 aromatic carbocycles. The van der Waals surface area contributed by atoms with Crippen LogP contribution in [0.25, 0.3) is 11.0 Å². The Balaban J connectivity index is 1.84. The van der Waals surface area contributed by atoms with Crippen molar-refractivity contribution in [1.82, 2.24) is 19.3 Å². The molecule has 2 aromatic heterocycles. The highest BCUT2D eigenvalue weighted by Gasteiger charge is 2.16. The van der Waals surface area contributed by atoms with Gasteiger partial charge in [0.2, 0.25) is 0 Å². The molecule has 1 amide bonds. The first-order valence-corrected chi connectivity index (χ1v) is 9.07. The Labute approximate surface area is 154 Å². The minimum Gasteiger partial charge on any atom is -0.331 e. The molecule has 0 saturated heterocycles. The van der Waals surface area contributed by atoms with Crippen molar-refractivity contribution in [3.05, 3.63) is 41.5 Å². The highest BCUT2D eigenvalue weighted by atomic mass is 16.2. The lowest BCUT2D eigenvalue weighted by molar-refractivity contribution is 0.101. The number of imidazole rings is 1. The Morgan fingerprint density at radius 1 is 1.15 bits per heavy atom. The highest BCUT2D eigenvalue weighted by molar-refractivity contribution is 6.03. The molecule has 6 heteroatoms. The normalized spacial score (nSPS) is 11.7. The van der Waals surface area contributed by atoms with Gasteiger partial charge in [0.25, 0.3) is 5.91 Å². The zero-order valence-electron chi connectivity index (χ0n) is 16.4. The van der Waals surface area contributed by atoms with E-state index >= 15 is 0 Å². The van der Waals surface area contributed by atoms with Crippen LogP contribution < -0.4 is 5.32 Å². The maximum absolute atomic E-state index is 12.7. The Hall–Kier alpha value is -2.63. The lowest BCUT2D eigenvalue weighted by Gasteiger charge is -2.06. The molecular formula is C20H27N5O. The number of rotatable bonds is 5. The molecular weight excluding hydrogens is 326 g/mol. The second-order valence-electron chi connectivity index (χ2n) is 7.58. The van der Waals surface area contributed by atoms with Crippen LogP contribution in [0, 0.1) is 5.92 Å². The monoisotopic (exact) mass is 353 g/mol. The number of hydrogen-bond donors (Lipinski definition) is 1. The Kier molecular flexibility index (Phi) is 4.85. The fourth-order valence-electron chi connectivity index (χ4n) is 3.26. The van der Waals surface area contributed by atoms with Crippen LogP contribution in [0.4, 0.5) is 5.69 Å². The van der Waals surface area contributed by atoms with E-state index in [9.17, 15) is 4.79 Å². The summed E-state index contributed by atoms with van der Waals surface area (Å²) in [5.74, 6) is 1.73. The van der Waals surface area contributed by atoms with Gasteiger partial charge in [-0.15, -0.1) is 0 Å². The maximum atomic E-state index is 12.7. The number of benzene rings is 1. The Bertz CT molecular complexity index is 949. The van der Waals surface area contributed by atoms with Crippen LogP contribution in [0.2, 0.25) is 0 Å². The summed E-state index contributed by atoms with van der Waals surface area (Å²) < 4.78 is 3.74.